The van der Waals surface area contributed by atoms with Crippen molar-refractivity contribution in [1.29, 1.82) is 0 Å². The molecule has 2 fully saturated rings. The van der Waals surface area contributed by atoms with Crippen molar-refractivity contribution in [1.82, 2.24) is 10.6 Å². The number of anilines is 1. The van der Waals surface area contributed by atoms with E-state index in [0.29, 0.717) is 12.5 Å². The monoisotopic (exact) mass is 556 g/mol. The van der Waals surface area contributed by atoms with E-state index >= 15 is 0 Å². The minimum Gasteiger partial charge on any atom is -0.377 e. The topological polar surface area (TPSA) is 74.8 Å². The number of hydrogen-bond acceptors (Lipinski definition) is 3. The highest BCUT2D eigenvalue weighted by Crippen LogP contribution is 2.33. The maximum atomic E-state index is 12.2. The van der Waals surface area contributed by atoms with Gasteiger partial charge in [-0.1, -0.05) is 39.3 Å². The zero-order chi connectivity index (χ0) is 22.3. The van der Waals surface area contributed by atoms with Crippen LogP contribution in [0.3, 0.4) is 0 Å². The lowest BCUT2D eigenvalue weighted by molar-refractivity contribution is -0.122. The van der Waals surface area contributed by atoms with Gasteiger partial charge in [0.05, 0.1) is 12.6 Å². The molecule has 2 aliphatic rings. The number of carbonyl (C=O) groups excluding carboxylic acids is 1. The van der Waals surface area contributed by atoms with Gasteiger partial charge >= 0.3 is 0 Å². The van der Waals surface area contributed by atoms with Gasteiger partial charge in [0.25, 0.3) is 0 Å². The molecule has 1 aromatic rings. The highest BCUT2D eigenvalue weighted by molar-refractivity contribution is 14.0. The van der Waals surface area contributed by atoms with Crippen LogP contribution in [0.4, 0.5) is 5.69 Å². The summed E-state index contributed by atoms with van der Waals surface area (Å²) in [7, 11) is 0. The van der Waals surface area contributed by atoms with Gasteiger partial charge < -0.3 is 20.7 Å². The third-order valence-corrected chi connectivity index (χ3v) is 6.26. The number of aliphatic imine (C=N–C) groups is 1. The number of carbonyl (C=O) groups is 1. The molecule has 1 aliphatic heterocycles. The maximum Gasteiger partial charge on any atom is 0.227 e. The summed E-state index contributed by atoms with van der Waals surface area (Å²) in [5, 5.41) is 9.93. The maximum absolute atomic E-state index is 12.2. The first-order chi connectivity index (χ1) is 14.9. The highest BCUT2D eigenvalue weighted by atomic mass is 127. The van der Waals surface area contributed by atoms with E-state index in [1.807, 2.05) is 18.2 Å². The van der Waals surface area contributed by atoms with Crippen molar-refractivity contribution in [2.45, 2.75) is 72.4 Å². The molecule has 7 heteroatoms. The summed E-state index contributed by atoms with van der Waals surface area (Å²) in [5.74, 6) is 1.63. The first-order valence-electron chi connectivity index (χ1n) is 11.9. The second-order valence-electron chi connectivity index (χ2n) is 9.95. The van der Waals surface area contributed by atoms with Crippen molar-refractivity contribution in [3.8, 4) is 0 Å². The van der Waals surface area contributed by atoms with Crippen LogP contribution in [0.2, 0.25) is 0 Å². The third kappa shape index (κ3) is 7.90. The molecule has 3 N–H and O–H groups in total. The van der Waals surface area contributed by atoms with Crippen LogP contribution in [0, 0.1) is 17.3 Å². The predicted molar refractivity (Wildman–Crippen MR) is 143 cm³/mol. The van der Waals surface area contributed by atoms with E-state index in [4.69, 9.17) is 9.73 Å². The van der Waals surface area contributed by atoms with Gasteiger partial charge in [0.15, 0.2) is 5.96 Å². The number of halogens is 1. The molecule has 0 aromatic heterocycles. The lowest BCUT2D eigenvalue weighted by Crippen LogP contribution is -2.47. The van der Waals surface area contributed by atoms with Gasteiger partial charge in [-0.25, -0.2) is 4.99 Å². The summed E-state index contributed by atoms with van der Waals surface area (Å²) < 4.78 is 6.12. The lowest BCUT2D eigenvalue weighted by Gasteiger charge is -2.40. The quantitative estimate of drug-likeness (QED) is 0.253. The van der Waals surface area contributed by atoms with Crippen LogP contribution in [-0.4, -0.2) is 37.7 Å². The minimum absolute atomic E-state index is 0. The average molecular weight is 557 g/mol. The summed E-state index contributed by atoms with van der Waals surface area (Å²) >= 11 is 0. The SMILES string of the molecule is CCNC(=NCc1cccc(NC(=O)C2CCC2)c1)NCC1CCCOC1C(C)(C)C.I. The van der Waals surface area contributed by atoms with Crippen molar-refractivity contribution in [2.75, 3.05) is 25.0 Å². The zero-order valence-corrected chi connectivity index (χ0v) is 22.4. The van der Waals surface area contributed by atoms with Gasteiger partial charge in [-0.05, 0) is 55.7 Å². The van der Waals surface area contributed by atoms with Crippen LogP contribution >= 0.6 is 24.0 Å². The fraction of sp³-hybridized carbons (Fsp3) is 0.680. The van der Waals surface area contributed by atoms with E-state index in [9.17, 15) is 4.79 Å². The number of hydrogen-bond donors (Lipinski definition) is 3. The molecule has 6 nitrogen and oxygen atoms in total. The van der Waals surface area contributed by atoms with Crippen LogP contribution in [0.25, 0.3) is 0 Å². The summed E-state index contributed by atoms with van der Waals surface area (Å²) in [6, 6.07) is 8.00. The Morgan fingerprint density at radius 2 is 1.94 bits per heavy atom. The Kier molecular flexibility index (Phi) is 10.7. The normalized spacial score (nSPS) is 21.8. The molecule has 180 valence electrons. The number of guanidine groups is 1. The Bertz CT molecular complexity index is 759. The zero-order valence-electron chi connectivity index (χ0n) is 20.1. The molecule has 1 amide bonds. The molecule has 1 heterocycles. The summed E-state index contributed by atoms with van der Waals surface area (Å²) in [4.78, 5) is 17.0. The molecule has 0 radical (unpaired) electrons. The standard InChI is InChI=1S/C25H40N4O2.HI/c1-5-26-24(28-17-20-12-8-14-31-22(20)25(2,3)4)27-16-18-9-6-13-21(15-18)29-23(30)19-10-7-11-19;/h6,9,13,15,19-20,22H,5,7-8,10-12,14,16-17H2,1-4H3,(H,29,30)(H2,26,27,28);1H. The third-order valence-electron chi connectivity index (χ3n) is 6.26. The number of rotatable bonds is 7. The number of benzene rings is 1. The van der Waals surface area contributed by atoms with E-state index in [2.05, 4.69) is 49.7 Å². The van der Waals surface area contributed by atoms with Crippen LogP contribution in [-0.2, 0) is 16.1 Å². The van der Waals surface area contributed by atoms with Gasteiger partial charge in [0.1, 0.15) is 0 Å². The molecule has 1 aromatic carbocycles. The van der Waals surface area contributed by atoms with Crippen LogP contribution in [0.5, 0.6) is 0 Å². The molecule has 2 unspecified atom stereocenters. The Hall–Kier alpha value is -1.35. The second-order valence-corrected chi connectivity index (χ2v) is 9.95. The van der Waals surface area contributed by atoms with Crippen molar-refractivity contribution in [3.05, 3.63) is 29.8 Å². The predicted octanol–water partition coefficient (Wildman–Crippen LogP) is 4.94. The lowest BCUT2D eigenvalue weighted by atomic mass is 9.78. The fourth-order valence-electron chi connectivity index (χ4n) is 4.41. The van der Waals surface area contributed by atoms with E-state index in [-0.39, 0.29) is 47.3 Å². The summed E-state index contributed by atoms with van der Waals surface area (Å²) in [5.41, 5.74) is 2.07. The van der Waals surface area contributed by atoms with E-state index in [1.54, 1.807) is 0 Å². The van der Waals surface area contributed by atoms with Crippen LogP contribution < -0.4 is 16.0 Å². The molecule has 3 rings (SSSR count). The van der Waals surface area contributed by atoms with Gasteiger partial charge in [-0.15, -0.1) is 24.0 Å². The largest absolute Gasteiger partial charge is 0.377 e. The minimum atomic E-state index is 0. The fourth-order valence-corrected chi connectivity index (χ4v) is 4.41. The molecular formula is C25H41IN4O2. The Labute approximate surface area is 210 Å². The molecule has 2 atom stereocenters. The molecule has 1 aliphatic carbocycles. The first kappa shape index (κ1) is 26.9. The van der Waals surface area contributed by atoms with Gasteiger partial charge in [-0.3, -0.25) is 4.79 Å². The number of amides is 1. The van der Waals surface area contributed by atoms with Crippen LogP contribution in [0.1, 0.15) is 65.4 Å². The van der Waals surface area contributed by atoms with Crippen molar-refractivity contribution >= 4 is 41.5 Å². The molecule has 32 heavy (non-hydrogen) atoms. The van der Waals surface area contributed by atoms with Crippen molar-refractivity contribution in [2.24, 2.45) is 22.2 Å². The van der Waals surface area contributed by atoms with E-state index in [1.165, 1.54) is 6.42 Å². The van der Waals surface area contributed by atoms with Crippen LogP contribution in [0.15, 0.2) is 29.3 Å². The number of nitrogens with one attached hydrogen (secondary N) is 3. The average Bonchev–Trinajstić information content (AvgIpc) is 2.68. The smallest absolute Gasteiger partial charge is 0.227 e. The van der Waals surface area contributed by atoms with Crippen molar-refractivity contribution in [3.63, 3.8) is 0 Å². The summed E-state index contributed by atoms with van der Waals surface area (Å²) in [6.45, 7) is 11.9. The molecule has 0 bridgehead atoms. The second kappa shape index (κ2) is 12.8. The van der Waals surface area contributed by atoms with Gasteiger partial charge in [-0.2, -0.15) is 0 Å². The van der Waals surface area contributed by atoms with Gasteiger partial charge in [0.2, 0.25) is 5.91 Å². The number of ether oxygens (including phenoxy) is 1. The van der Waals surface area contributed by atoms with E-state index < -0.39 is 0 Å². The molecule has 1 saturated carbocycles. The Morgan fingerprint density at radius 1 is 1.16 bits per heavy atom. The first-order valence-corrected chi connectivity index (χ1v) is 11.9. The van der Waals surface area contributed by atoms with Crippen molar-refractivity contribution < 1.29 is 9.53 Å². The van der Waals surface area contributed by atoms with E-state index in [0.717, 1.165) is 62.6 Å². The Balaban J connectivity index is 0.00000363. The Morgan fingerprint density at radius 3 is 2.59 bits per heavy atom. The summed E-state index contributed by atoms with van der Waals surface area (Å²) in [6.07, 6.45) is 5.73. The highest BCUT2D eigenvalue weighted by Gasteiger charge is 2.35. The van der Waals surface area contributed by atoms with Gasteiger partial charge in [0, 0.05) is 37.2 Å². The molecule has 0 spiro atoms. The molecule has 1 saturated heterocycles. The number of nitrogens with zero attached hydrogens (tertiary/aromatic N) is 1. The molecular weight excluding hydrogens is 515 g/mol.